The quantitative estimate of drug-likeness (QED) is 0.376. The molecule has 0 aromatic heterocycles. The summed E-state index contributed by atoms with van der Waals surface area (Å²) in [7, 11) is 3.18. The maximum Gasteiger partial charge on any atom is 0.328 e. The maximum atomic E-state index is 12.8. The van der Waals surface area contributed by atoms with Crippen molar-refractivity contribution in [3.05, 3.63) is 54.1 Å². The largest absolute Gasteiger partial charge is 0.494 e. The lowest BCUT2D eigenvalue weighted by Gasteiger charge is -2.34. The van der Waals surface area contributed by atoms with Crippen LogP contribution in [0.3, 0.4) is 0 Å². The highest BCUT2D eigenvalue weighted by Gasteiger charge is 2.32. The third-order valence-electron chi connectivity index (χ3n) is 5.73. The molecule has 7 nitrogen and oxygen atoms in total. The van der Waals surface area contributed by atoms with Crippen LogP contribution in [0.5, 0.6) is 17.2 Å². The normalized spacial score (nSPS) is 15.6. The van der Waals surface area contributed by atoms with Gasteiger partial charge in [-0.2, -0.15) is 0 Å². The highest BCUT2D eigenvalue weighted by Crippen LogP contribution is 2.28. The predicted molar refractivity (Wildman–Crippen MR) is 125 cm³/mol. The number of methoxy groups -OCH3 is 2. The second-order valence-electron chi connectivity index (χ2n) is 7.97. The molecule has 1 fully saturated rings. The number of rotatable bonds is 11. The van der Waals surface area contributed by atoms with Gasteiger partial charge in [-0.3, -0.25) is 4.79 Å². The van der Waals surface area contributed by atoms with Gasteiger partial charge in [0, 0.05) is 19.4 Å². The van der Waals surface area contributed by atoms with E-state index >= 15 is 0 Å². The molecule has 0 bridgehead atoms. The van der Waals surface area contributed by atoms with Crippen LogP contribution in [0, 0.1) is 0 Å². The van der Waals surface area contributed by atoms with Crippen molar-refractivity contribution >= 4 is 11.9 Å². The molecule has 1 heterocycles. The van der Waals surface area contributed by atoms with Crippen molar-refractivity contribution in [3.8, 4) is 17.2 Å². The van der Waals surface area contributed by atoms with Gasteiger partial charge in [0.05, 0.1) is 27.4 Å². The first kappa shape index (κ1) is 24.4. The number of nitrogens with zero attached hydrogens (tertiary/aromatic N) is 1. The van der Waals surface area contributed by atoms with E-state index < -0.39 is 6.04 Å². The first-order valence-electron chi connectivity index (χ1n) is 11.5. The van der Waals surface area contributed by atoms with Crippen molar-refractivity contribution in [2.24, 2.45) is 0 Å². The molecule has 33 heavy (non-hydrogen) atoms. The Morgan fingerprint density at radius 2 is 1.76 bits per heavy atom. The summed E-state index contributed by atoms with van der Waals surface area (Å²) in [4.78, 5) is 27.2. The summed E-state index contributed by atoms with van der Waals surface area (Å²) in [6.07, 6.45) is 3.97. The number of piperidine rings is 1. The highest BCUT2D eigenvalue weighted by molar-refractivity contribution is 5.84. The van der Waals surface area contributed by atoms with Crippen molar-refractivity contribution in [2.45, 2.75) is 44.6 Å². The number of carbonyl (C=O) groups is 2. The molecule has 1 amide bonds. The van der Waals surface area contributed by atoms with Gasteiger partial charge in [0.25, 0.3) is 0 Å². The summed E-state index contributed by atoms with van der Waals surface area (Å²) in [5.74, 6) is 1.74. The van der Waals surface area contributed by atoms with Gasteiger partial charge in [-0.15, -0.1) is 0 Å². The molecule has 1 aliphatic heterocycles. The van der Waals surface area contributed by atoms with Gasteiger partial charge in [-0.1, -0.05) is 24.3 Å². The molecule has 0 spiro atoms. The molecule has 1 atom stereocenters. The van der Waals surface area contributed by atoms with Gasteiger partial charge in [-0.25, -0.2) is 4.79 Å². The Bertz CT molecular complexity index is 901. The van der Waals surface area contributed by atoms with Crippen LogP contribution in [0.1, 0.15) is 37.7 Å². The number of esters is 1. The number of benzene rings is 2. The standard InChI is InChI=1S/C26H33NO6/c1-30-23-14-13-20(19-24(23)31-2)15-18-33-26(29)22-11-6-7-16-27(22)25(28)12-8-17-32-21-9-4-3-5-10-21/h3-5,9-10,13-14,19,22H,6-8,11-12,15-18H2,1-2H3. The van der Waals surface area contributed by atoms with Crippen molar-refractivity contribution in [1.29, 1.82) is 0 Å². The van der Waals surface area contributed by atoms with Gasteiger partial charge >= 0.3 is 5.97 Å². The lowest BCUT2D eigenvalue weighted by Crippen LogP contribution is -2.48. The zero-order chi connectivity index (χ0) is 23.5. The van der Waals surface area contributed by atoms with E-state index in [-0.39, 0.29) is 18.5 Å². The lowest BCUT2D eigenvalue weighted by atomic mass is 10.0. The van der Waals surface area contributed by atoms with Crippen LogP contribution in [-0.4, -0.2) is 56.8 Å². The van der Waals surface area contributed by atoms with E-state index in [9.17, 15) is 9.59 Å². The molecule has 2 aromatic carbocycles. The Balaban J connectivity index is 1.45. The second kappa shape index (κ2) is 12.7. The smallest absolute Gasteiger partial charge is 0.328 e. The molecule has 0 radical (unpaired) electrons. The summed E-state index contributed by atoms with van der Waals surface area (Å²) in [5, 5.41) is 0. The van der Waals surface area contributed by atoms with Crippen LogP contribution in [0.15, 0.2) is 48.5 Å². The van der Waals surface area contributed by atoms with Crippen molar-refractivity contribution < 1.29 is 28.5 Å². The first-order chi connectivity index (χ1) is 16.1. The Hall–Kier alpha value is -3.22. The van der Waals surface area contributed by atoms with E-state index in [1.54, 1.807) is 19.1 Å². The van der Waals surface area contributed by atoms with E-state index in [0.717, 1.165) is 24.2 Å². The molecular formula is C26H33NO6. The zero-order valence-corrected chi connectivity index (χ0v) is 19.5. The van der Waals surface area contributed by atoms with Crippen LogP contribution in [0.25, 0.3) is 0 Å². The molecule has 3 rings (SSSR count). The predicted octanol–water partition coefficient (Wildman–Crippen LogP) is 4.03. The van der Waals surface area contributed by atoms with Gasteiger partial charge in [0.15, 0.2) is 11.5 Å². The Morgan fingerprint density at radius 3 is 2.52 bits per heavy atom. The number of hydrogen-bond acceptors (Lipinski definition) is 6. The third kappa shape index (κ3) is 7.14. The van der Waals surface area contributed by atoms with Crippen LogP contribution in [0.4, 0.5) is 0 Å². The summed E-state index contributed by atoms with van der Waals surface area (Å²) in [5.41, 5.74) is 0.982. The molecule has 2 aromatic rings. The number of para-hydroxylation sites is 1. The molecule has 1 saturated heterocycles. The van der Waals surface area contributed by atoms with E-state index in [4.69, 9.17) is 18.9 Å². The van der Waals surface area contributed by atoms with Crippen molar-refractivity contribution in [2.75, 3.05) is 34.0 Å². The second-order valence-corrected chi connectivity index (χ2v) is 7.97. The average Bonchev–Trinajstić information content (AvgIpc) is 2.87. The van der Waals surface area contributed by atoms with E-state index in [1.807, 2.05) is 48.5 Å². The summed E-state index contributed by atoms with van der Waals surface area (Å²) in [6.45, 7) is 1.30. The topological polar surface area (TPSA) is 74.3 Å². The SMILES string of the molecule is COc1ccc(CCOC(=O)C2CCCCN2C(=O)CCCOc2ccccc2)cc1OC. The lowest BCUT2D eigenvalue weighted by molar-refractivity contribution is -0.157. The Labute approximate surface area is 195 Å². The van der Waals surface area contributed by atoms with Gasteiger partial charge < -0.3 is 23.8 Å². The van der Waals surface area contributed by atoms with Gasteiger partial charge in [-0.05, 0) is 55.5 Å². The van der Waals surface area contributed by atoms with Crippen LogP contribution < -0.4 is 14.2 Å². The van der Waals surface area contributed by atoms with E-state index in [0.29, 0.717) is 50.3 Å². The number of carbonyl (C=O) groups excluding carboxylic acids is 2. The van der Waals surface area contributed by atoms with E-state index in [1.165, 1.54) is 0 Å². The summed E-state index contributed by atoms with van der Waals surface area (Å²) >= 11 is 0. The van der Waals surface area contributed by atoms with Crippen LogP contribution >= 0.6 is 0 Å². The van der Waals surface area contributed by atoms with Crippen LogP contribution in [0.2, 0.25) is 0 Å². The summed E-state index contributed by atoms with van der Waals surface area (Å²) in [6, 6.07) is 14.7. The molecule has 1 aliphatic rings. The Kier molecular flexibility index (Phi) is 9.42. The minimum absolute atomic E-state index is 0.0202. The number of likely N-dealkylation sites (tertiary alicyclic amines) is 1. The fourth-order valence-electron chi connectivity index (χ4n) is 3.95. The molecule has 1 unspecified atom stereocenters. The van der Waals surface area contributed by atoms with Gasteiger partial charge in [0.2, 0.25) is 5.91 Å². The molecule has 0 aliphatic carbocycles. The molecule has 0 N–H and O–H groups in total. The van der Waals surface area contributed by atoms with Crippen molar-refractivity contribution in [1.82, 2.24) is 4.90 Å². The maximum absolute atomic E-state index is 12.8. The molecule has 0 saturated carbocycles. The highest BCUT2D eigenvalue weighted by atomic mass is 16.5. The molecular weight excluding hydrogens is 422 g/mol. The number of ether oxygens (including phenoxy) is 4. The number of hydrogen-bond donors (Lipinski definition) is 0. The summed E-state index contributed by atoms with van der Waals surface area (Å²) < 4.78 is 21.8. The monoisotopic (exact) mass is 455 g/mol. The number of amides is 1. The fraction of sp³-hybridized carbons (Fsp3) is 0.462. The zero-order valence-electron chi connectivity index (χ0n) is 19.5. The Morgan fingerprint density at radius 1 is 0.970 bits per heavy atom. The average molecular weight is 456 g/mol. The molecule has 178 valence electrons. The van der Waals surface area contributed by atoms with Crippen molar-refractivity contribution in [3.63, 3.8) is 0 Å². The van der Waals surface area contributed by atoms with Crippen LogP contribution in [-0.2, 0) is 20.7 Å². The third-order valence-corrected chi connectivity index (χ3v) is 5.73. The molecule has 7 heteroatoms. The van der Waals surface area contributed by atoms with E-state index in [2.05, 4.69) is 0 Å². The van der Waals surface area contributed by atoms with Gasteiger partial charge in [0.1, 0.15) is 11.8 Å². The fourth-order valence-corrected chi connectivity index (χ4v) is 3.95. The minimum atomic E-state index is -0.508. The first-order valence-corrected chi connectivity index (χ1v) is 11.5. The minimum Gasteiger partial charge on any atom is -0.494 e.